The normalized spacial score (nSPS) is 35.3. The minimum Gasteiger partial charge on any atom is -0.454 e. The number of rotatable bonds is 2. The van der Waals surface area contributed by atoms with Gasteiger partial charge in [-0.3, -0.25) is 9.59 Å². The van der Waals surface area contributed by atoms with Gasteiger partial charge in [0, 0.05) is 17.2 Å². The number of nitrogens with one attached hydrogen (secondary N) is 1. The molecule has 3 atom stereocenters. The first-order valence-electron chi connectivity index (χ1n) is 8.13. The van der Waals surface area contributed by atoms with Gasteiger partial charge in [-0.05, 0) is 30.4 Å². The SMILES string of the molecule is CC1(C)[C@@]2(C)CC[C@]1(C(=O)Nc1ccc3c(c1)OCO3)[C@H](Br)C2=O. The van der Waals surface area contributed by atoms with Gasteiger partial charge in [0.25, 0.3) is 0 Å². The number of Topliss-reactive ketones (excluding diaryl/α,β-unsaturated/α-hetero) is 1. The third kappa shape index (κ3) is 1.65. The van der Waals surface area contributed by atoms with E-state index in [2.05, 4.69) is 21.2 Å². The average molecular weight is 394 g/mol. The van der Waals surface area contributed by atoms with E-state index in [0.29, 0.717) is 23.6 Å². The highest BCUT2D eigenvalue weighted by Gasteiger charge is 2.76. The predicted molar refractivity (Wildman–Crippen MR) is 92.5 cm³/mol. The van der Waals surface area contributed by atoms with Crippen LogP contribution >= 0.6 is 15.9 Å². The number of ketones is 1. The van der Waals surface area contributed by atoms with E-state index in [1.165, 1.54) is 0 Å². The van der Waals surface area contributed by atoms with Crippen molar-refractivity contribution in [3.8, 4) is 11.5 Å². The number of benzene rings is 1. The largest absolute Gasteiger partial charge is 0.454 e. The summed E-state index contributed by atoms with van der Waals surface area (Å²) in [7, 11) is 0. The van der Waals surface area contributed by atoms with Crippen molar-refractivity contribution in [1.29, 1.82) is 0 Å². The lowest BCUT2D eigenvalue weighted by molar-refractivity contribution is -0.130. The maximum absolute atomic E-state index is 13.2. The number of ether oxygens (including phenoxy) is 2. The van der Waals surface area contributed by atoms with E-state index >= 15 is 0 Å². The molecule has 0 unspecified atom stereocenters. The van der Waals surface area contributed by atoms with Crippen molar-refractivity contribution in [2.45, 2.75) is 38.4 Å². The zero-order valence-corrected chi connectivity index (χ0v) is 15.5. The van der Waals surface area contributed by atoms with Gasteiger partial charge in [0.15, 0.2) is 17.3 Å². The number of alkyl halides is 1. The first-order chi connectivity index (χ1) is 11.2. The van der Waals surface area contributed by atoms with Crippen molar-refractivity contribution in [3.05, 3.63) is 18.2 Å². The first-order valence-corrected chi connectivity index (χ1v) is 9.05. The molecule has 1 amide bonds. The number of carbonyl (C=O) groups excluding carboxylic acids is 2. The standard InChI is InChI=1S/C18H20BrNO4/c1-16(2)17(3)6-7-18(16,13(19)14(17)21)15(22)20-10-4-5-11-12(8-10)24-9-23-11/h4-5,8,13H,6-7,9H2,1-3H3,(H,20,22)/t13-,17+,18-/m1/s1. The number of amides is 1. The molecule has 1 aromatic rings. The molecule has 4 rings (SSSR count). The van der Waals surface area contributed by atoms with Crippen molar-refractivity contribution >= 4 is 33.3 Å². The first kappa shape index (κ1) is 15.9. The molecule has 2 aliphatic carbocycles. The summed E-state index contributed by atoms with van der Waals surface area (Å²) in [4.78, 5) is 25.5. The Kier molecular flexibility index (Phi) is 3.15. The van der Waals surface area contributed by atoms with Crippen LogP contribution in [0.4, 0.5) is 5.69 Å². The third-order valence-electron chi connectivity index (χ3n) is 6.76. The Hall–Kier alpha value is -1.56. The average Bonchev–Trinajstić information content (AvgIpc) is 3.10. The number of anilines is 1. The topological polar surface area (TPSA) is 64.6 Å². The summed E-state index contributed by atoms with van der Waals surface area (Å²) in [5.74, 6) is 1.33. The second-order valence-corrected chi connectivity index (χ2v) is 8.59. The van der Waals surface area contributed by atoms with Crippen LogP contribution in [0.1, 0.15) is 33.6 Å². The molecular formula is C18H20BrNO4. The number of hydrogen-bond donors (Lipinski definition) is 1. The molecule has 3 aliphatic rings. The van der Waals surface area contributed by atoms with Crippen molar-refractivity contribution in [1.82, 2.24) is 0 Å². The molecule has 1 N–H and O–H groups in total. The molecule has 6 heteroatoms. The van der Waals surface area contributed by atoms with Crippen molar-refractivity contribution in [2.75, 3.05) is 12.1 Å². The Morgan fingerprint density at radius 3 is 2.58 bits per heavy atom. The van der Waals surface area contributed by atoms with Crippen LogP contribution in [0, 0.1) is 16.2 Å². The predicted octanol–water partition coefficient (Wildman–Crippen LogP) is 3.51. The van der Waals surface area contributed by atoms with Gasteiger partial charge in [0.1, 0.15) is 0 Å². The molecule has 24 heavy (non-hydrogen) atoms. The van der Waals surface area contributed by atoms with Crippen LogP contribution in [-0.2, 0) is 9.59 Å². The number of fused-ring (bicyclic) bond motifs is 3. The van der Waals surface area contributed by atoms with Crippen LogP contribution in [0.2, 0.25) is 0 Å². The molecule has 1 heterocycles. The number of halogens is 1. The van der Waals surface area contributed by atoms with Crippen molar-refractivity contribution in [3.63, 3.8) is 0 Å². The fraction of sp³-hybridized carbons (Fsp3) is 0.556. The van der Waals surface area contributed by atoms with Crippen molar-refractivity contribution in [2.24, 2.45) is 16.2 Å². The molecule has 2 fully saturated rings. The molecule has 1 aliphatic heterocycles. The molecule has 2 saturated carbocycles. The Bertz CT molecular complexity index is 761. The molecule has 0 radical (unpaired) electrons. The summed E-state index contributed by atoms with van der Waals surface area (Å²) in [6, 6.07) is 5.34. The molecule has 0 saturated heterocycles. The molecule has 128 valence electrons. The highest BCUT2D eigenvalue weighted by atomic mass is 79.9. The van der Waals surface area contributed by atoms with E-state index in [1.807, 2.05) is 20.8 Å². The Balaban J connectivity index is 1.68. The monoisotopic (exact) mass is 393 g/mol. The summed E-state index contributed by atoms with van der Waals surface area (Å²) >= 11 is 3.54. The van der Waals surface area contributed by atoms with Crippen LogP contribution in [0.3, 0.4) is 0 Å². The van der Waals surface area contributed by atoms with Crippen LogP contribution in [0.15, 0.2) is 18.2 Å². The molecule has 0 spiro atoms. The minimum absolute atomic E-state index is 0.109. The maximum Gasteiger partial charge on any atom is 0.232 e. The van der Waals surface area contributed by atoms with Crippen LogP contribution < -0.4 is 14.8 Å². The minimum atomic E-state index is -0.741. The Morgan fingerprint density at radius 2 is 1.92 bits per heavy atom. The molecule has 5 nitrogen and oxygen atoms in total. The third-order valence-corrected chi connectivity index (χ3v) is 7.95. The Morgan fingerprint density at radius 1 is 1.21 bits per heavy atom. The smallest absolute Gasteiger partial charge is 0.232 e. The second-order valence-electron chi connectivity index (χ2n) is 7.68. The van der Waals surface area contributed by atoms with Gasteiger partial charge in [-0.2, -0.15) is 0 Å². The summed E-state index contributed by atoms with van der Waals surface area (Å²) in [5, 5.41) is 3.00. The summed E-state index contributed by atoms with van der Waals surface area (Å²) in [6.07, 6.45) is 1.45. The van der Waals surface area contributed by atoms with E-state index in [9.17, 15) is 9.59 Å². The highest BCUT2D eigenvalue weighted by molar-refractivity contribution is 9.10. The summed E-state index contributed by atoms with van der Waals surface area (Å²) in [6.45, 7) is 6.27. The molecule has 0 aromatic heterocycles. The van der Waals surface area contributed by atoms with Gasteiger partial charge < -0.3 is 14.8 Å². The van der Waals surface area contributed by atoms with E-state index in [0.717, 1.165) is 6.42 Å². The van der Waals surface area contributed by atoms with E-state index < -0.39 is 21.1 Å². The zero-order valence-electron chi connectivity index (χ0n) is 13.9. The fourth-order valence-electron chi connectivity index (χ4n) is 4.67. The van der Waals surface area contributed by atoms with Crippen LogP contribution in [0.5, 0.6) is 11.5 Å². The molecular weight excluding hydrogens is 374 g/mol. The van der Waals surface area contributed by atoms with E-state index in [4.69, 9.17) is 9.47 Å². The van der Waals surface area contributed by atoms with Gasteiger partial charge in [-0.15, -0.1) is 0 Å². The van der Waals surface area contributed by atoms with Gasteiger partial charge in [-0.1, -0.05) is 36.7 Å². The molecule has 2 bridgehead atoms. The van der Waals surface area contributed by atoms with Gasteiger partial charge >= 0.3 is 0 Å². The lowest BCUT2D eigenvalue weighted by atomic mass is 9.64. The van der Waals surface area contributed by atoms with E-state index in [1.54, 1.807) is 18.2 Å². The maximum atomic E-state index is 13.2. The Labute approximate surface area is 149 Å². The number of hydrogen-bond acceptors (Lipinski definition) is 4. The van der Waals surface area contributed by atoms with Crippen LogP contribution in [-0.4, -0.2) is 23.3 Å². The zero-order chi connectivity index (χ0) is 17.3. The summed E-state index contributed by atoms with van der Waals surface area (Å²) in [5.41, 5.74) is -0.962. The highest BCUT2D eigenvalue weighted by Crippen LogP contribution is 2.72. The summed E-state index contributed by atoms with van der Waals surface area (Å²) < 4.78 is 10.7. The fourth-order valence-corrected chi connectivity index (χ4v) is 6.19. The number of carbonyl (C=O) groups is 2. The van der Waals surface area contributed by atoms with Crippen molar-refractivity contribution < 1.29 is 19.1 Å². The second kappa shape index (κ2) is 4.75. The van der Waals surface area contributed by atoms with Gasteiger partial charge in [0.2, 0.25) is 12.7 Å². The lowest BCUT2D eigenvalue weighted by Crippen LogP contribution is -2.47. The lowest BCUT2D eigenvalue weighted by Gasteiger charge is -2.39. The van der Waals surface area contributed by atoms with Gasteiger partial charge in [-0.25, -0.2) is 0 Å². The quantitative estimate of drug-likeness (QED) is 0.780. The molecule has 1 aromatic carbocycles. The van der Waals surface area contributed by atoms with Gasteiger partial charge in [0.05, 0.1) is 10.2 Å². The van der Waals surface area contributed by atoms with Crippen LogP contribution in [0.25, 0.3) is 0 Å². The van der Waals surface area contributed by atoms with E-state index in [-0.39, 0.29) is 18.5 Å².